The first-order valence-corrected chi connectivity index (χ1v) is 12.2. The highest BCUT2D eigenvalue weighted by molar-refractivity contribution is 6.02. The summed E-state index contributed by atoms with van der Waals surface area (Å²) in [6, 6.07) is 6.68. The van der Waals surface area contributed by atoms with Crippen molar-refractivity contribution >= 4 is 11.8 Å². The van der Waals surface area contributed by atoms with E-state index in [0.717, 1.165) is 24.3 Å². The fourth-order valence-electron chi connectivity index (χ4n) is 5.66. The average Bonchev–Trinajstić information content (AvgIpc) is 3.58. The number of rotatable bonds is 5. The molecule has 2 aliphatic carbocycles. The number of phenolic OH excluding ortho intramolecular Hbond substituents is 1. The second-order valence-corrected chi connectivity index (χ2v) is 10.1. The van der Waals surface area contributed by atoms with Crippen LogP contribution in [0.3, 0.4) is 0 Å². The average molecular weight is 497 g/mol. The Kier molecular flexibility index (Phi) is 5.55. The Balaban J connectivity index is 1.34. The van der Waals surface area contributed by atoms with Crippen molar-refractivity contribution in [3.63, 3.8) is 0 Å². The molecule has 2 aromatic carbocycles. The monoisotopic (exact) mass is 496 g/mol. The molecule has 6 rings (SSSR count). The van der Waals surface area contributed by atoms with Gasteiger partial charge in [-0.05, 0) is 48.1 Å². The lowest BCUT2D eigenvalue weighted by atomic mass is 9.68. The number of aliphatic hydroxyl groups excluding tert-OH is 3. The maximum absolute atomic E-state index is 13.3. The van der Waals surface area contributed by atoms with Crippen molar-refractivity contribution in [2.24, 2.45) is 5.92 Å². The second kappa shape index (κ2) is 8.65. The first kappa shape index (κ1) is 23.1. The minimum absolute atomic E-state index is 0.0305. The molecule has 2 heterocycles. The van der Waals surface area contributed by atoms with Crippen LogP contribution in [-0.2, 0) is 6.42 Å². The number of nitrogens with one attached hydrogen (secondary N) is 2. The van der Waals surface area contributed by atoms with Crippen LogP contribution in [-0.4, -0.2) is 69.4 Å². The number of carbonyl (C=O) groups is 2. The molecule has 0 radical (unpaired) electrons. The van der Waals surface area contributed by atoms with Gasteiger partial charge in [-0.2, -0.15) is 0 Å². The van der Waals surface area contributed by atoms with Crippen LogP contribution in [0.1, 0.15) is 57.0 Å². The van der Waals surface area contributed by atoms with Crippen LogP contribution < -0.4 is 20.1 Å². The molecule has 10 heteroatoms. The Morgan fingerprint density at radius 1 is 1.08 bits per heavy atom. The highest BCUT2D eigenvalue weighted by atomic mass is 16.7. The number of amides is 2. The molecule has 2 fully saturated rings. The van der Waals surface area contributed by atoms with Crippen LogP contribution in [0.4, 0.5) is 0 Å². The highest BCUT2D eigenvalue weighted by Gasteiger charge is 2.54. The van der Waals surface area contributed by atoms with E-state index < -0.39 is 53.9 Å². The molecule has 0 spiro atoms. The summed E-state index contributed by atoms with van der Waals surface area (Å²) in [6.07, 6.45) is -0.206. The van der Waals surface area contributed by atoms with Crippen molar-refractivity contribution < 1.29 is 39.5 Å². The molecular weight excluding hydrogens is 468 g/mol. The van der Waals surface area contributed by atoms with Crippen LogP contribution in [0.2, 0.25) is 0 Å². The minimum atomic E-state index is -1.62. The van der Waals surface area contributed by atoms with Gasteiger partial charge < -0.3 is 40.5 Å². The Labute approximate surface area is 206 Å². The Bertz CT molecular complexity index is 1230. The summed E-state index contributed by atoms with van der Waals surface area (Å²) in [7, 11) is 0. The van der Waals surface area contributed by atoms with Gasteiger partial charge >= 0.3 is 0 Å². The molecular formula is C26H28N2O8. The second-order valence-electron chi connectivity index (χ2n) is 10.1. The minimum Gasteiger partial charge on any atom is -0.504 e. The maximum Gasteiger partial charge on any atom is 0.255 e. The van der Waals surface area contributed by atoms with Gasteiger partial charge in [-0.1, -0.05) is 25.0 Å². The third-order valence-corrected chi connectivity index (χ3v) is 7.79. The Hall–Kier alpha value is -3.34. The molecule has 2 saturated carbocycles. The predicted molar refractivity (Wildman–Crippen MR) is 125 cm³/mol. The topological polar surface area (TPSA) is 158 Å². The molecule has 190 valence electrons. The number of aliphatic hydroxyl groups is 3. The standard InChI is InChI=1S/C26H28N2O8/c29-20-17-14(9-15-24(20)36-10-35-15)16-18(21(30)23(32)22(31)19(16)28-26(17)34)27-25(33)13-3-1-2-12(8-13)7-6-11-4-5-11/h1-3,8-9,11,16,18-19,21-23,29-32H,4-7,10H2,(H,27,33)(H,28,34)/t16-,18+,19+,21-,22-,23+/m0/s1. The van der Waals surface area contributed by atoms with E-state index in [9.17, 15) is 30.0 Å². The molecule has 0 aromatic heterocycles. The molecule has 2 aromatic rings. The summed E-state index contributed by atoms with van der Waals surface area (Å²) in [5, 5.41) is 48.4. The van der Waals surface area contributed by atoms with E-state index in [0.29, 0.717) is 5.56 Å². The molecule has 6 atom stereocenters. The number of carbonyl (C=O) groups excluding carboxylic acids is 2. The van der Waals surface area contributed by atoms with Crippen LogP contribution in [0, 0.1) is 5.92 Å². The predicted octanol–water partition coefficient (Wildman–Crippen LogP) is 0.554. The van der Waals surface area contributed by atoms with Gasteiger partial charge in [0.15, 0.2) is 11.5 Å². The summed E-state index contributed by atoms with van der Waals surface area (Å²) < 4.78 is 10.7. The molecule has 4 aliphatic rings. The number of aryl methyl sites for hydroxylation is 1. The van der Waals surface area contributed by atoms with Crippen LogP contribution >= 0.6 is 0 Å². The summed E-state index contributed by atoms with van der Waals surface area (Å²) in [6.45, 7) is -0.136. The fraction of sp³-hybridized carbons (Fsp3) is 0.462. The Morgan fingerprint density at radius 3 is 2.67 bits per heavy atom. The van der Waals surface area contributed by atoms with Crippen LogP contribution in [0.15, 0.2) is 30.3 Å². The lowest BCUT2D eigenvalue weighted by Gasteiger charge is -2.49. The molecule has 10 nitrogen and oxygen atoms in total. The first-order valence-electron chi connectivity index (χ1n) is 12.2. The van der Waals surface area contributed by atoms with Gasteiger partial charge in [0.2, 0.25) is 12.5 Å². The number of aromatic hydroxyl groups is 1. The van der Waals surface area contributed by atoms with Gasteiger partial charge in [-0.3, -0.25) is 9.59 Å². The molecule has 0 bridgehead atoms. The summed E-state index contributed by atoms with van der Waals surface area (Å²) in [5.41, 5.74) is 1.64. The number of phenols is 1. The van der Waals surface area contributed by atoms with E-state index in [2.05, 4.69) is 10.6 Å². The number of hydrogen-bond acceptors (Lipinski definition) is 8. The van der Waals surface area contributed by atoms with Gasteiger partial charge in [-0.25, -0.2) is 0 Å². The SMILES string of the molecule is O=C(N[C@H]1[C@H](O)[C@@H](O)[C@@H](O)[C@@H]2NC(=O)c3c(cc4c(c3O)OCO4)[C@@H]12)c1cccc(CCC2CC2)c1. The van der Waals surface area contributed by atoms with Crippen molar-refractivity contribution in [2.45, 2.75) is 62.0 Å². The quantitative estimate of drug-likeness (QED) is 0.350. The summed E-state index contributed by atoms with van der Waals surface area (Å²) >= 11 is 0. The number of hydrogen-bond donors (Lipinski definition) is 6. The summed E-state index contributed by atoms with van der Waals surface area (Å²) in [5.74, 6) is -1.41. The van der Waals surface area contributed by atoms with E-state index in [1.165, 1.54) is 18.9 Å². The van der Waals surface area contributed by atoms with Crippen LogP contribution in [0.5, 0.6) is 17.2 Å². The number of benzene rings is 2. The normalized spacial score (nSPS) is 30.2. The van der Waals surface area contributed by atoms with Crippen molar-refractivity contribution in [2.75, 3.05) is 6.79 Å². The highest BCUT2D eigenvalue weighted by Crippen LogP contribution is 2.50. The van der Waals surface area contributed by atoms with Crippen molar-refractivity contribution in [3.05, 3.63) is 52.6 Å². The van der Waals surface area contributed by atoms with E-state index in [4.69, 9.17) is 9.47 Å². The molecule has 2 aliphatic heterocycles. The molecule has 0 unspecified atom stereocenters. The maximum atomic E-state index is 13.3. The lowest BCUT2D eigenvalue weighted by Crippen LogP contribution is -2.69. The van der Waals surface area contributed by atoms with Gasteiger partial charge in [-0.15, -0.1) is 0 Å². The van der Waals surface area contributed by atoms with Crippen molar-refractivity contribution in [3.8, 4) is 17.2 Å². The zero-order chi connectivity index (χ0) is 25.1. The van der Waals surface area contributed by atoms with E-state index in [-0.39, 0.29) is 29.4 Å². The smallest absolute Gasteiger partial charge is 0.255 e. The van der Waals surface area contributed by atoms with Crippen LogP contribution in [0.25, 0.3) is 0 Å². The lowest BCUT2D eigenvalue weighted by molar-refractivity contribution is -0.117. The zero-order valence-corrected chi connectivity index (χ0v) is 19.4. The molecule has 6 N–H and O–H groups in total. The number of ether oxygens (including phenoxy) is 2. The number of fused-ring (bicyclic) bond motifs is 4. The van der Waals surface area contributed by atoms with Gasteiger partial charge in [0, 0.05) is 11.5 Å². The van der Waals surface area contributed by atoms with E-state index in [1.54, 1.807) is 6.07 Å². The van der Waals surface area contributed by atoms with Crippen molar-refractivity contribution in [1.82, 2.24) is 10.6 Å². The van der Waals surface area contributed by atoms with E-state index in [1.807, 2.05) is 18.2 Å². The van der Waals surface area contributed by atoms with Gasteiger partial charge in [0.05, 0.1) is 17.6 Å². The van der Waals surface area contributed by atoms with E-state index >= 15 is 0 Å². The van der Waals surface area contributed by atoms with Gasteiger partial charge in [0.25, 0.3) is 11.8 Å². The zero-order valence-electron chi connectivity index (χ0n) is 19.4. The molecule has 2 amide bonds. The fourth-order valence-corrected chi connectivity index (χ4v) is 5.66. The summed E-state index contributed by atoms with van der Waals surface area (Å²) in [4.78, 5) is 26.2. The largest absolute Gasteiger partial charge is 0.504 e. The third kappa shape index (κ3) is 3.76. The van der Waals surface area contributed by atoms with Gasteiger partial charge in [0.1, 0.15) is 18.3 Å². The third-order valence-electron chi connectivity index (χ3n) is 7.79. The molecule has 36 heavy (non-hydrogen) atoms. The Morgan fingerprint density at radius 2 is 1.89 bits per heavy atom. The first-order chi connectivity index (χ1) is 17.3. The molecule has 0 saturated heterocycles. The van der Waals surface area contributed by atoms with Crippen molar-refractivity contribution in [1.29, 1.82) is 0 Å².